The molecular formula is C20H23N5O2. The minimum atomic E-state index is -0.141. The molecule has 3 heterocycles. The number of rotatable bonds is 4. The molecule has 0 bridgehead atoms. The van der Waals surface area contributed by atoms with Crippen molar-refractivity contribution in [3.63, 3.8) is 0 Å². The molecule has 140 valence electrons. The van der Waals surface area contributed by atoms with Crippen LogP contribution in [0.2, 0.25) is 0 Å². The highest BCUT2D eigenvalue weighted by molar-refractivity contribution is 5.79. The van der Waals surface area contributed by atoms with Crippen molar-refractivity contribution in [2.75, 3.05) is 6.54 Å². The number of hydrogen-bond acceptors (Lipinski definition) is 5. The van der Waals surface area contributed by atoms with Crippen LogP contribution in [0.25, 0.3) is 11.5 Å². The van der Waals surface area contributed by atoms with Crippen molar-refractivity contribution in [3.05, 3.63) is 54.1 Å². The Bertz CT molecular complexity index is 902. The summed E-state index contributed by atoms with van der Waals surface area (Å²) in [5.74, 6) is 1.17. The molecule has 0 radical (unpaired) electrons. The van der Waals surface area contributed by atoms with E-state index in [0.29, 0.717) is 18.1 Å². The summed E-state index contributed by atoms with van der Waals surface area (Å²) in [6.07, 6.45) is 7.98. The van der Waals surface area contributed by atoms with Crippen LogP contribution in [0, 0.1) is 0 Å². The lowest BCUT2D eigenvalue weighted by Crippen LogP contribution is -2.36. The molecule has 3 aromatic rings. The lowest BCUT2D eigenvalue weighted by molar-refractivity contribution is -0.133. The van der Waals surface area contributed by atoms with Gasteiger partial charge in [0, 0.05) is 25.4 Å². The van der Waals surface area contributed by atoms with Gasteiger partial charge in [0.25, 0.3) is 5.89 Å². The second kappa shape index (κ2) is 7.73. The van der Waals surface area contributed by atoms with Gasteiger partial charge in [-0.25, -0.2) is 0 Å². The molecule has 1 fully saturated rings. The molecule has 2 aromatic heterocycles. The highest BCUT2D eigenvalue weighted by Crippen LogP contribution is 2.30. The Labute approximate surface area is 158 Å². The van der Waals surface area contributed by atoms with Gasteiger partial charge in [-0.2, -0.15) is 10.1 Å². The topological polar surface area (TPSA) is 77.0 Å². The van der Waals surface area contributed by atoms with Crippen LogP contribution in [0.5, 0.6) is 0 Å². The first-order valence-corrected chi connectivity index (χ1v) is 9.37. The third kappa shape index (κ3) is 3.92. The van der Waals surface area contributed by atoms with Crippen LogP contribution in [-0.4, -0.2) is 37.3 Å². The van der Waals surface area contributed by atoms with Gasteiger partial charge in [0.15, 0.2) is 5.82 Å². The molecule has 0 N–H and O–H groups in total. The molecule has 1 saturated heterocycles. The highest BCUT2D eigenvalue weighted by atomic mass is 16.5. The number of aryl methyl sites for hydroxylation is 1. The predicted molar refractivity (Wildman–Crippen MR) is 99.6 cm³/mol. The van der Waals surface area contributed by atoms with Crippen LogP contribution in [-0.2, 0) is 18.3 Å². The van der Waals surface area contributed by atoms with Gasteiger partial charge < -0.3 is 9.42 Å². The van der Waals surface area contributed by atoms with Crippen molar-refractivity contribution in [1.29, 1.82) is 0 Å². The first-order chi connectivity index (χ1) is 13.2. The van der Waals surface area contributed by atoms with E-state index in [-0.39, 0.29) is 11.9 Å². The standard InChI is InChI=1S/C20H23N5O2/c1-24-14-15(13-21-24)12-18(26)25-11-7-3-6-10-17(25)19-22-20(27-23-19)16-8-4-2-5-9-16/h2,4-5,8-9,13-14,17H,3,6-7,10-12H2,1H3. The molecule has 7 heteroatoms. The summed E-state index contributed by atoms with van der Waals surface area (Å²) in [5, 5.41) is 8.36. The average molecular weight is 365 g/mol. The molecule has 0 aliphatic carbocycles. The van der Waals surface area contributed by atoms with Crippen molar-refractivity contribution >= 4 is 5.91 Å². The molecule has 1 atom stereocenters. The molecular weight excluding hydrogens is 342 g/mol. The fraction of sp³-hybridized carbons (Fsp3) is 0.400. The first-order valence-electron chi connectivity index (χ1n) is 9.37. The second-order valence-corrected chi connectivity index (χ2v) is 6.98. The summed E-state index contributed by atoms with van der Waals surface area (Å²) in [4.78, 5) is 19.5. The average Bonchev–Trinajstić information content (AvgIpc) is 3.25. The van der Waals surface area contributed by atoms with Crippen molar-refractivity contribution < 1.29 is 9.32 Å². The number of carbonyl (C=O) groups is 1. The molecule has 7 nitrogen and oxygen atoms in total. The maximum Gasteiger partial charge on any atom is 0.257 e. The van der Waals surface area contributed by atoms with Gasteiger partial charge in [0.05, 0.1) is 18.7 Å². The van der Waals surface area contributed by atoms with Crippen LogP contribution < -0.4 is 0 Å². The fourth-order valence-electron chi connectivity index (χ4n) is 3.58. The Balaban J connectivity index is 1.57. The van der Waals surface area contributed by atoms with Crippen molar-refractivity contribution in [2.45, 2.75) is 38.1 Å². The minimum absolute atomic E-state index is 0.0842. The monoisotopic (exact) mass is 365 g/mol. The van der Waals surface area contributed by atoms with Crippen LogP contribution >= 0.6 is 0 Å². The number of likely N-dealkylation sites (tertiary alicyclic amines) is 1. The molecule has 1 amide bonds. The molecule has 0 saturated carbocycles. The maximum atomic E-state index is 13.0. The number of hydrogen-bond donors (Lipinski definition) is 0. The van der Waals surface area contributed by atoms with Gasteiger partial charge >= 0.3 is 0 Å². The summed E-state index contributed by atoms with van der Waals surface area (Å²) in [6.45, 7) is 0.721. The van der Waals surface area contributed by atoms with E-state index < -0.39 is 0 Å². The van der Waals surface area contributed by atoms with E-state index in [4.69, 9.17) is 4.52 Å². The van der Waals surface area contributed by atoms with Crippen molar-refractivity contribution in [1.82, 2.24) is 24.8 Å². The summed E-state index contributed by atoms with van der Waals surface area (Å²) in [7, 11) is 1.85. The van der Waals surface area contributed by atoms with Crippen molar-refractivity contribution in [2.24, 2.45) is 7.05 Å². The second-order valence-electron chi connectivity index (χ2n) is 6.98. The van der Waals surface area contributed by atoms with Gasteiger partial charge in [-0.15, -0.1) is 0 Å². The van der Waals surface area contributed by atoms with E-state index in [1.807, 2.05) is 48.5 Å². The third-order valence-corrected chi connectivity index (χ3v) is 4.95. The number of amides is 1. The van der Waals surface area contributed by atoms with E-state index in [9.17, 15) is 4.79 Å². The van der Waals surface area contributed by atoms with E-state index in [1.54, 1.807) is 10.9 Å². The Morgan fingerprint density at radius 3 is 2.85 bits per heavy atom. The van der Waals surface area contributed by atoms with Gasteiger partial charge in [-0.3, -0.25) is 9.48 Å². The van der Waals surface area contributed by atoms with E-state index in [2.05, 4.69) is 15.2 Å². The third-order valence-electron chi connectivity index (χ3n) is 4.95. The molecule has 1 aromatic carbocycles. The number of aromatic nitrogens is 4. The zero-order valence-electron chi connectivity index (χ0n) is 15.4. The molecule has 27 heavy (non-hydrogen) atoms. The molecule has 4 rings (SSSR count). The largest absolute Gasteiger partial charge is 0.334 e. The smallest absolute Gasteiger partial charge is 0.257 e. The molecule has 1 aliphatic rings. The zero-order chi connectivity index (χ0) is 18.6. The number of benzene rings is 1. The van der Waals surface area contributed by atoms with E-state index >= 15 is 0 Å². The molecule has 1 aliphatic heterocycles. The molecule has 0 spiro atoms. The van der Waals surface area contributed by atoms with Crippen LogP contribution in [0.1, 0.15) is 43.1 Å². The van der Waals surface area contributed by atoms with Crippen LogP contribution in [0.4, 0.5) is 0 Å². The fourth-order valence-corrected chi connectivity index (χ4v) is 3.58. The maximum absolute atomic E-state index is 13.0. The Morgan fingerprint density at radius 1 is 1.22 bits per heavy atom. The zero-order valence-corrected chi connectivity index (χ0v) is 15.4. The first kappa shape index (κ1) is 17.5. The summed E-state index contributed by atoms with van der Waals surface area (Å²) in [6, 6.07) is 9.57. The van der Waals surface area contributed by atoms with E-state index in [0.717, 1.165) is 43.4 Å². The van der Waals surface area contributed by atoms with Gasteiger partial charge in [-0.1, -0.05) is 36.2 Å². The lowest BCUT2D eigenvalue weighted by atomic mass is 10.1. The van der Waals surface area contributed by atoms with Crippen LogP contribution in [0.15, 0.2) is 47.2 Å². The summed E-state index contributed by atoms with van der Waals surface area (Å²) in [5.41, 5.74) is 1.81. The molecule has 1 unspecified atom stereocenters. The minimum Gasteiger partial charge on any atom is -0.334 e. The number of carbonyl (C=O) groups excluding carboxylic acids is 1. The number of nitrogens with zero attached hydrogens (tertiary/aromatic N) is 5. The van der Waals surface area contributed by atoms with Gasteiger partial charge in [0.2, 0.25) is 5.91 Å². The lowest BCUT2D eigenvalue weighted by Gasteiger charge is -2.27. The normalized spacial score (nSPS) is 17.7. The summed E-state index contributed by atoms with van der Waals surface area (Å²) >= 11 is 0. The quantitative estimate of drug-likeness (QED) is 0.710. The van der Waals surface area contributed by atoms with Gasteiger partial charge in [-0.05, 0) is 30.5 Å². The summed E-state index contributed by atoms with van der Waals surface area (Å²) < 4.78 is 7.20. The Kier molecular flexibility index (Phi) is 5.00. The van der Waals surface area contributed by atoms with Crippen LogP contribution in [0.3, 0.4) is 0 Å². The predicted octanol–water partition coefficient (Wildman–Crippen LogP) is 3.16. The highest BCUT2D eigenvalue weighted by Gasteiger charge is 2.30. The van der Waals surface area contributed by atoms with Crippen molar-refractivity contribution in [3.8, 4) is 11.5 Å². The Morgan fingerprint density at radius 2 is 2.07 bits per heavy atom. The SMILES string of the molecule is Cn1cc(CC(=O)N2CCCCCC2c2noc(-c3ccccc3)n2)cn1. The van der Waals surface area contributed by atoms with E-state index in [1.165, 1.54) is 0 Å². The van der Waals surface area contributed by atoms with Gasteiger partial charge in [0.1, 0.15) is 0 Å². The Hall–Kier alpha value is -2.96.